The Labute approximate surface area is 127 Å². The molecule has 108 valence electrons. The van der Waals surface area contributed by atoms with E-state index in [-0.39, 0.29) is 5.69 Å². The van der Waals surface area contributed by atoms with Crippen LogP contribution in [0.1, 0.15) is 11.1 Å². The lowest BCUT2D eigenvalue weighted by Gasteiger charge is -2.12. The van der Waals surface area contributed by atoms with Crippen LogP contribution in [0.2, 0.25) is 5.02 Å². The standard InChI is InChI=1S/C15H14ClN3O2/c16-13-8-12(19(20)21)4-5-14(13)18-9-11-3-1-2-10-6-7-17-15(10)11/h1-5,8,17-18H,6-7,9H2. The quantitative estimate of drug-likeness (QED) is 0.665. The van der Waals surface area contributed by atoms with E-state index in [1.165, 1.54) is 28.9 Å². The fourth-order valence-electron chi connectivity index (χ4n) is 2.51. The fourth-order valence-corrected chi connectivity index (χ4v) is 2.75. The van der Waals surface area contributed by atoms with Gasteiger partial charge in [-0.05, 0) is 23.6 Å². The van der Waals surface area contributed by atoms with Crippen molar-refractivity contribution in [3.8, 4) is 0 Å². The van der Waals surface area contributed by atoms with Gasteiger partial charge >= 0.3 is 0 Å². The van der Waals surface area contributed by atoms with Crippen LogP contribution >= 0.6 is 11.6 Å². The lowest BCUT2D eigenvalue weighted by Crippen LogP contribution is -2.03. The number of halogens is 1. The smallest absolute Gasteiger partial charge is 0.271 e. The second kappa shape index (κ2) is 5.61. The third-order valence-electron chi connectivity index (χ3n) is 3.57. The van der Waals surface area contributed by atoms with Crippen molar-refractivity contribution in [3.63, 3.8) is 0 Å². The molecule has 21 heavy (non-hydrogen) atoms. The lowest BCUT2D eigenvalue weighted by molar-refractivity contribution is -0.384. The number of nitrogens with zero attached hydrogens (tertiary/aromatic N) is 1. The third-order valence-corrected chi connectivity index (χ3v) is 3.88. The minimum Gasteiger partial charge on any atom is -0.384 e. The molecule has 5 nitrogen and oxygen atoms in total. The largest absolute Gasteiger partial charge is 0.384 e. The Hall–Kier alpha value is -2.27. The summed E-state index contributed by atoms with van der Waals surface area (Å²) in [5.41, 5.74) is 4.36. The number of hydrogen-bond donors (Lipinski definition) is 2. The molecule has 0 amide bonds. The van der Waals surface area contributed by atoms with E-state index >= 15 is 0 Å². The van der Waals surface area contributed by atoms with Crippen LogP contribution in [0.4, 0.5) is 17.1 Å². The molecule has 0 radical (unpaired) electrons. The van der Waals surface area contributed by atoms with Gasteiger partial charge in [-0.3, -0.25) is 10.1 Å². The summed E-state index contributed by atoms with van der Waals surface area (Å²) >= 11 is 6.07. The van der Waals surface area contributed by atoms with E-state index in [1.807, 2.05) is 6.07 Å². The van der Waals surface area contributed by atoms with Gasteiger partial charge < -0.3 is 10.6 Å². The SMILES string of the molecule is O=[N+]([O-])c1ccc(NCc2cccc3c2NCC3)c(Cl)c1. The highest BCUT2D eigenvalue weighted by molar-refractivity contribution is 6.33. The molecule has 0 saturated carbocycles. The first-order chi connectivity index (χ1) is 10.1. The van der Waals surface area contributed by atoms with E-state index in [9.17, 15) is 10.1 Å². The second-order valence-corrected chi connectivity index (χ2v) is 5.31. The van der Waals surface area contributed by atoms with Crippen LogP contribution in [-0.4, -0.2) is 11.5 Å². The van der Waals surface area contributed by atoms with E-state index in [2.05, 4.69) is 22.8 Å². The lowest BCUT2D eigenvalue weighted by atomic mass is 10.1. The molecule has 0 saturated heterocycles. The summed E-state index contributed by atoms with van der Waals surface area (Å²) in [6, 6.07) is 10.7. The average molecular weight is 304 g/mol. The number of anilines is 2. The van der Waals surface area contributed by atoms with E-state index in [0.29, 0.717) is 17.3 Å². The molecule has 3 rings (SSSR count). The molecular formula is C15H14ClN3O2. The van der Waals surface area contributed by atoms with Gasteiger partial charge in [-0.1, -0.05) is 29.8 Å². The molecule has 0 aromatic heterocycles. The highest BCUT2D eigenvalue weighted by atomic mass is 35.5. The molecule has 2 aromatic rings. The van der Waals surface area contributed by atoms with Crippen molar-refractivity contribution in [2.24, 2.45) is 0 Å². The molecule has 1 aliphatic heterocycles. The summed E-state index contributed by atoms with van der Waals surface area (Å²) in [4.78, 5) is 10.2. The molecule has 0 unspecified atom stereocenters. The van der Waals surface area contributed by atoms with Gasteiger partial charge in [0, 0.05) is 30.9 Å². The Kier molecular flexibility index (Phi) is 3.66. The number of benzene rings is 2. The molecule has 1 aliphatic rings. The minimum atomic E-state index is -0.455. The second-order valence-electron chi connectivity index (χ2n) is 4.90. The van der Waals surface area contributed by atoms with Crippen molar-refractivity contribution in [3.05, 3.63) is 62.7 Å². The van der Waals surface area contributed by atoms with Crippen molar-refractivity contribution in [1.82, 2.24) is 0 Å². The Bertz CT molecular complexity index is 703. The molecule has 6 heteroatoms. The number of nitro groups is 1. The molecule has 1 heterocycles. The summed E-state index contributed by atoms with van der Waals surface area (Å²) in [5.74, 6) is 0. The maximum atomic E-state index is 10.7. The number of para-hydroxylation sites is 1. The average Bonchev–Trinajstić information content (AvgIpc) is 2.94. The molecule has 0 atom stereocenters. The first kappa shape index (κ1) is 13.7. The zero-order chi connectivity index (χ0) is 14.8. The molecule has 2 aromatic carbocycles. The van der Waals surface area contributed by atoms with Crippen molar-refractivity contribution >= 4 is 28.7 Å². The monoisotopic (exact) mass is 303 g/mol. The van der Waals surface area contributed by atoms with E-state index < -0.39 is 4.92 Å². The van der Waals surface area contributed by atoms with Crippen molar-refractivity contribution in [2.45, 2.75) is 13.0 Å². The molecule has 0 bridgehead atoms. The number of fused-ring (bicyclic) bond motifs is 1. The maximum Gasteiger partial charge on any atom is 0.271 e. The van der Waals surface area contributed by atoms with E-state index in [4.69, 9.17) is 11.6 Å². The topological polar surface area (TPSA) is 67.2 Å². The number of non-ortho nitro benzene ring substituents is 1. The molecular weight excluding hydrogens is 290 g/mol. The van der Waals surface area contributed by atoms with Gasteiger partial charge in [-0.15, -0.1) is 0 Å². The first-order valence-corrected chi connectivity index (χ1v) is 7.05. The number of hydrogen-bond acceptors (Lipinski definition) is 4. The maximum absolute atomic E-state index is 10.7. The van der Waals surface area contributed by atoms with Gasteiger partial charge in [0.1, 0.15) is 0 Å². The number of nitrogens with one attached hydrogen (secondary N) is 2. The van der Waals surface area contributed by atoms with Crippen LogP contribution in [0, 0.1) is 10.1 Å². The fraction of sp³-hybridized carbons (Fsp3) is 0.200. The zero-order valence-corrected chi connectivity index (χ0v) is 12.0. The number of nitro benzene ring substituents is 1. The van der Waals surface area contributed by atoms with Crippen molar-refractivity contribution in [2.75, 3.05) is 17.2 Å². The van der Waals surface area contributed by atoms with Gasteiger partial charge in [-0.2, -0.15) is 0 Å². The van der Waals surface area contributed by atoms with Crippen LogP contribution < -0.4 is 10.6 Å². The Balaban J connectivity index is 1.77. The molecule has 2 N–H and O–H groups in total. The zero-order valence-electron chi connectivity index (χ0n) is 11.2. The molecule has 0 fully saturated rings. The van der Waals surface area contributed by atoms with Crippen LogP contribution in [0.15, 0.2) is 36.4 Å². The first-order valence-electron chi connectivity index (χ1n) is 6.67. The van der Waals surface area contributed by atoms with Crippen LogP contribution in [0.3, 0.4) is 0 Å². The van der Waals surface area contributed by atoms with Crippen LogP contribution in [0.5, 0.6) is 0 Å². The molecule has 0 aliphatic carbocycles. The third kappa shape index (κ3) is 2.78. The highest BCUT2D eigenvalue weighted by Crippen LogP contribution is 2.30. The van der Waals surface area contributed by atoms with Gasteiger partial charge in [0.05, 0.1) is 15.6 Å². The van der Waals surface area contributed by atoms with Gasteiger partial charge in [0.15, 0.2) is 0 Å². The predicted molar refractivity (Wildman–Crippen MR) is 84.1 cm³/mol. The summed E-state index contributed by atoms with van der Waals surface area (Å²) in [6.07, 6.45) is 1.04. The van der Waals surface area contributed by atoms with Crippen molar-refractivity contribution in [1.29, 1.82) is 0 Å². The molecule has 0 spiro atoms. The van der Waals surface area contributed by atoms with Crippen LogP contribution in [0.25, 0.3) is 0 Å². The minimum absolute atomic E-state index is 0.00665. The number of rotatable bonds is 4. The summed E-state index contributed by atoms with van der Waals surface area (Å²) in [5, 5.41) is 17.7. The Morgan fingerprint density at radius 1 is 1.33 bits per heavy atom. The Morgan fingerprint density at radius 3 is 2.95 bits per heavy atom. The summed E-state index contributed by atoms with van der Waals surface area (Å²) in [7, 11) is 0. The van der Waals surface area contributed by atoms with Gasteiger partial charge in [0.25, 0.3) is 5.69 Å². The van der Waals surface area contributed by atoms with Gasteiger partial charge in [0.2, 0.25) is 0 Å². The Morgan fingerprint density at radius 2 is 2.19 bits per heavy atom. The highest BCUT2D eigenvalue weighted by Gasteiger charge is 2.14. The summed E-state index contributed by atoms with van der Waals surface area (Å²) < 4.78 is 0. The van der Waals surface area contributed by atoms with Crippen LogP contribution in [-0.2, 0) is 13.0 Å². The predicted octanol–water partition coefficient (Wildman–Crippen LogP) is 3.83. The van der Waals surface area contributed by atoms with E-state index in [0.717, 1.165) is 13.0 Å². The normalized spacial score (nSPS) is 12.6. The van der Waals surface area contributed by atoms with E-state index in [1.54, 1.807) is 6.07 Å². The van der Waals surface area contributed by atoms with Gasteiger partial charge in [-0.25, -0.2) is 0 Å². The summed E-state index contributed by atoms with van der Waals surface area (Å²) in [6.45, 7) is 1.58. The van der Waals surface area contributed by atoms with Crippen molar-refractivity contribution < 1.29 is 4.92 Å².